The van der Waals surface area contributed by atoms with Crippen molar-refractivity contribution in [1.29, 1.82) is 0 Å². The van der Waals surface area contributed by atoms with Crippen molar-refractivity contribution in [2.24, 2.45) is 5.41 Å². The predicted octanol–water partition coefficient (Wildman–Crippen LogP) is 4.92. The summed E-state index contributed by atoms with van der Waals surface area (Å²) in [5.74, 6) is 0.0876. The van der Waals surface area contributed by atoms with Crippen LogP contribution in [0, 0.1) is 5.41 Å². The van der Waals surface area contributed by atoms with E-state index >= 15 is 0 Å². The molecule has 7 nitrogen and oxygen atoms in total. The molecule has 2 N–H and O–H groups in total. The monoisotopic (exact) mass is 456 g/mol. The Balaban J connectivity index is 1.58. The Morgan fingerprint density at radius 3 is 2.71 bits per heavy atom. The van der Waals surface area contributed by atoms with E-state index in [1.807, 2.05) is 12.3 Å². The number of H-pyrrole nitrogens is 1. The van der Waals surface area contributed by atoms with Crippen molar-refractivity contribution in [1.82, 2.24) is 15.0 Å². The molecule has 1 fully saturated rings. The molecule has 0 unspecified atom stereocenters. The number of Topliss-reactive ketones (excluding diaryl/α,β-unsaturated/α-hetero) is 1. The second-order valence-electron chi connectivity index (χ2n) is 9.58. The molecule has 2 aliphatic rings. The molecule has 0 bridgehead atoms. The first-order valence-electron chi connectivity index (χ1n) is 11.5. The number of aromatic amines is 1. The molecule has 0 spiro atoms. The highest BCUT2D eigenvalue weighted by molar-refractivity contribution is 6.00. The van der Waals surface area contributed by atoms with Crippen molar-refractivity contribution in [3.63, 3.8) is 0 Å². The van der Waals surface area contributed by atoms with E-state index in [0.29, 0.717) is 17.0 Å². The Morgan fingerprint density at radius 2 is 2.03 bits per heavy atom. The smallest absolute Gasteiger partial charge is 0.247 e. The number of ketones is 1. The van der Waals surface area contributed by atoms with Crippen molar-refractivity contribution in [2.75, 3.05) is 12.4 Å². The van der Waals surface area contributed by atoms with Gasteiger partial charge in [-0.25, -0.2) is 4.98 Å². The van der Waals surface area contributed by atoms with Crippen LogP contribution in [0.3, 0.4) is 0 Å². The molecule has 0 radical (unpaired) electrons. The Morgan fingerprint density at radius 1 is 1.24 bits per heavy atom. The fourth-order valence-corrected chi connectivity index (χ4v) is 4.81. The third-order valence-corrected chi connectivity index (χ3v) is 6.92. The summed E-state index contributed by atoms with van der Waals surface area (Å²) >= 11 is 0. The first kappa shape index (κ1) is 22.1. The SMILES string of the molecule is C=CC(=O)Nc1cc(-c2cc3c(cn2)CCc2c-3[nH]c(CC3(C)CC3)c2C(C)=O)cnc1OC. The minimum absolute atomic E-state index is 0.122. The number of carbonyl (C=O) groups is 2. The van der Waals surface area contributed by atoms with Crippen LogP contribution in [0.1, 0.15) is 53.9 Å². The number of rotatable bonds is 7. The zero-order chi connectivity index (χ0) is 24.0. The highest BCUT2D eigenvalue weighted by Gasteiger charge is 2.39. The number of hydrogen-bond donors (Lipinski definition) is 2. The lowest BCUT2D eigenvalue weighted by molar-refractivity contribution is -0.111. The van der Waals surface area contributed by atoms with Gasteiger partial charge in [-0.05, 0) is 73.8 Å². The summed E-state index contributed by atoms with van der Waals surface area (Å²) < 4.78 is 5.28. The van der Waals surface area contributed by atoms with Gasteiger partial charge in [0, 0.05) is 40.5 Å². The number of hydrogen-bond acceptors (Lipinski definition) is 5. The molecule has 1 saturated carbocycles. The molecule has 1 amide bonds. The van der Waals surface area contributed by atoms with Crippen molar-refractivity contribution < 1.29 is 14.3 Å². The first-order chi connectivity index (χ1) is 16.3. The summed E-state index contributed by atoms with van der Waals surface area (Å²) in [5.41, 5.74) is 8.50. The molecular formula is C27H28N4O3. The van der Waals surface area contributed by atoms with E-state index in [4.69, 9.17) is 4.74 Å². The number of pyridine rings is 2. The molecular weight excluding hydrogens is 428 g/mol. The molecule has 0 atom stereocenters. The van der Waals surface area contributed by atoms with Crippen molar-refractivity contribution in [2.45, 2.75) is 46.0 Å². The van der Waals surface area contributed by atoms with E-state index in [1.165, 1.54) is 26.0 Å². The fraction of sp³-hybridized carbons (Fsp3) is 0.333. The molecule has 3 heterocycles. The number of aryl methyl sites for hydroxylation is 1. The number of ether oxygens (including phenoxy) is 1. The molecule has 7 heteroatoms. The van der Waals surface area contributed by atoms with Crippen LogP contribution in [0.4, 0.5) is 5.69 Å². The Kier molecular flexibility index (Phi) is 5.35. The summed E-state index contributed by atoms with van der Waals surface area (Å²) in [6.07, 6.45) is 9.74. The maximum Gasteiger partial charge on any atom is 0.247 e. The molecule has 0 saturated heterocycles. The van der Waals surface area contributed by atoms with Gasteiger partial charge in [-0.3, -0.25) is 14.6 Å². The normalized spacial score (nSPS) is 15.1. The van der Waals surface area contributed by atoms with E-state index in [9.17, 15) is 9.59 Å². The van der Waals surface area contributed by atoms with Gasteiger partial charge in [0.2, 0.25) is 11.8 Å². The summed E-state index contributed by atoms with van der Waals surface area (Å²) in [4.78, 5) is 37.1. The molecule has 34 heavy (non-hydrogen) atoms. The van der Waals surface area contributed by atoms with Crippen LogP contribution in [-0.4, -0.2) is 33.8 Å². The minimum atomic E-state index is -0.347. The Labute approximate surface area is 198 Å². The number of methoxy groups -OCH3 is 1. The van der Waals surface area contributed by atoms with Gasteiger partial charge in [-0.1, -0.05) is 13.5 Å². The number of nitrogens with zero attached hydrogens (tertiary/aromatic N) is 2. The van der Waals surface area contributed by atoms with E-state index < -0.39 is 0 Å². The van der Waals surface area contributed by atoms with Crippen LogP contribution in [0.5, 0.6) is 5.88 Å². The van der Waals surface area contributed by atoms with Gasteiger partial charge in [0.05, 0.1) is 12.8 Å². The van der Waals surface area contributed by atoms with Crippen LogP contribution in [0.2, 0.25) is 0 Å². The number of amides is 1. The maximum atomic E-state index is 12.6. The van der Waals surface area contributed by atoms with Gasteiger partial charge in [0.15, 0.2) is 5.78 Å². The van der Waals surface area contributed by atoms with Crippen LogP contribution in [-0.2, 0) is 24.1 Å². The van der Waals surface area contributed by atoms with E-state index in [-0.39, 0.29) is 11.7 Å². The van der Waals surface area contributed by atoms with Gasteiger partial charge in [0.1, 0.15) is 5.69 Å². The lowest BCUT2D eigenvalue weighted by Gasteiger charge is -2.18. The van der Waals surface area contributed by atoms with Crippen LogP contribution in [0.15, 0.2) is 37.2 Å². The highest BCUT2D eigenvalue weighted by Crippen LogP contribution is 2.49. The first-order valence-corrected chi connectivity index (χ1v) is 11.5. The predicted molar refractivity (Wildman–Crippen MR) is 131 cm³/mol. The Bertz CT molecular complexity index is 1330. The van der Waals surface area contributed by atoms with Crippen LogP contribution >= 0.6 is 0 Å². The van der Waals surface area contributed by atoms with Crippen molar-refractivity contribution in [3.8, 4) is 28.4 Å². The Hall–Kier alpha value is -3.74. The average molecular weight is 457 g/mol. The topological polar surface area (TPSA) is 97.0 Å². The molecule has 3 aromatic rings. The highest BCUT2D eigenvalue weighted by atomic mass is 16.5. The number of fused-ring (bicyclic) bond motifs is 3. The zero-order valence-corrected chi connectivity index (χ0v) is 19.7. The molecule has 2 aliphatic carbocycles. The van der Waals surface area contributed by atoms with E-state index in [1.54, 1.807) is 19.2 Å². The summed E-state index contributed by atoms with van der Waals surface area (Å²) in [7, 11) is 1.50. The average Bonchev–Trinajstić information content (AvgIpc) is 3.43. The van der Waals surface area contributed by atoms with E-state index in [2.05, 4.69) is 33.8 Å². The fourth-order valence-electron chi connectivity index (χ4n) is 4.81. The standard InChI is InChI=1S/C27H28N4O3/c1-5-23(33)30-21-10-17(14-29-26(21)34-4)20-11-19-16(13-28-20)6-7-18-24(15(2)32)22(31-25(18)19)12-27(3)8-9-27/h5,10-11,13-14,31H,1,6-9,12H2,2-4H3,(H,30,33). The molecule has 174 valence electrons. The van der Waals surface area contributed by atoms with Crippen molar-refractivity contribution >= 4 is 17.4 Å². The van der Waals surface area contributed by atoms with Gasteiger partial charge in [-0.15, -0.1) is 0 Å². The molecule has 3 aromatic heterocycles. The third-order valence-electron chi connectivity index (χ3n) is 6.92. The zero-order valence-electron chi connectivity index (χ0n) is 19.7. The quantitative estimate of drug-likeness (QED) is 0.389. The molecule has 5 rings (SSSR count). The van der Waals surface area contributed by atoms with Crippen molar-refractivity contribution in [3.05, 3.63) is 59.6 Å². The second-order valence-corrected chi connectivity index (χ2v) is 9.58. The van der Waals surface area contributed by atoms with E-state index in [0.717, 1.165) is 64.2 Å². The molecule has 0 aromatic carbocycles. The van der Waals surface area contributed by atoms with Gasteiger partial charge >= 0.3 is 0 Å². The lowest BCUT2D eigenvalue weighted by Crippen LogP contribution is -2.10. The van der Waals surface area contributed by atoms with Gasteiger partial charge < -0.3 is 15.0 Å². The minimum Gasteiger partial charge on any atom is -0.480 e. The third kappa shape index (κ3) is 3.91. The number of nitrogens with one attached hydrogen (secondary N) is 2. The van der Waals surface area contributed by atoms with Gasteiger partial charge in [0.25, 0.3) is 0 Å². The van der Waals surface area contributed by atoms with Crippen LogP contribution in [0.25, 0.3) is 22.5 Å². The molecule has 0 aliphatic heterocycles. The maximum absolute atomic E-state index is 12.6. The second kappa shape index (κ2) is 8.24. The lowest BCUT2D eigenvalue weighted by atomic mass is 9.87. The number of anilines is 1. The number of aromatic nitrogens is 3. The summed E-state index contributed by atoms with van der Waals surface area (Å²) in [6, 6.07) is 3.83. The van der Waals surface area contributed by atoms with Crippen LogP contribution < -0.4 is 10.1 Å². The number of carbonyl (C=O) groups excluding carboxylic acids is 2. The summed E-state index contributed by atoms with van der Waals surface area (Å²) in [5, 5.41) is 2.73. The van der Waals surface area contributed by atoms with Gasteiger partial charge in [-0.2, -0.15) is 0 Å². The summed E-state index contributed by atoms with van der Waals surface area (Å²) in [6.45, 7) is 7.44. The largest absolute Gasteiger partial charge is 0.480 e.